The zero-order valence-corrected chi connectivity index (χ0v) is 12.0. The lowest BCUT2D eigenvalue weighted by atomic mass is 10.2. The van der Waals surface area contributed by atoms with Crippen LogP contribution in [0.25, 0.3) is 0 Å². The first-order chi connectivity index (χ1) is 9.22. The highest BCUT2D eigenvalue weighted by Crippen LogP contribution is 2.30. The average molecular weight is 260 g/mol. The van der Waals surface area contributed by atoms with E-state index in [2.05, 4.69) is 36.1 Å². The normalized spacial score (nSPS) is 14.8. The van der Waals surface area contributed by atoms with Gasteiger partial charge in [-0.15, -0.1) is 6.42 Å². The van der Waals surface area contributed by atoms with Gasteiger partial charge < -0.3 is 9.73 Å². The summed E-state index contributed by atoms with van der Waals surface area (Å²) in [5.74, 6) is 5.68. The molecule has 2 rings (SSSR count). The quantitative estimate of drug-likeness (QED) is 0.728. The molecule has 1 aromatic rings. The second kappa shape index (κ2) is 6.79. The average Bonchev–Trinajstić information content (AvgIpc) is 3.11. The fourth-order valence-electron chi connectivity index (χ4n) is 2.28. The van der Waals surface area contributed by atoms with Crippen molar-refractivity contribution in [2.45, 2.75) is 39.8 Å². The van der Waals surface area contributed by atoms with E-state index in [0.717, 1.165) is 43.6 Å². The van der Waals surface area contributed by atoms with Crippen LogP contribution in [0.2, 0.25) is 0 Å². The molecule has 104 valence electrons. The zero-order valence-electron chi connectivity index (χ0n) is 12.0. The van der Waals surface area contributed by atoms with Crippen LogP contribution in [0.1, 0.15) is 36.8 Å². The fourth-order valence-corrected chi connectivity index (χ4v) is 2.28. The summed E-state index contributed by atoms with van der Waals surface area (Å²) in [7, 11) is 0. The molecule has 1 fully saturated rings. The van der Waals surface area contributed by atoms with Gasteiger partial charge in [0, 0.05) is 6.54 Å². The molecular weight excluding hydrogens is 236 g/mol. The molecule has 1 heterocycles. The van der Waals surface area contributed by atoms with E-state index >= 15 is 0 Å². The molecule has 0 aromatic carbocycles. The van der Waals surface area contributed by atoms with Gasteiger partial charge in [0.05, 0.1) is 19.6 Å². The molecule has 0 unspecified atom stereocenters. The molecule has 3 nitrogen and oxygen atoms in total. The maximum absolute atomic E-state index is 5.92. The molecule has 0 spiro atoms. The van der Waals surface area contributed by atoms with Gasteiger partial charge in [0.1, 0.15) is 11.5 Å². The minimum atomic E-state index is 0.707. The van der Waals surface area contributed by atoms with Gasteiger partial charge in [0.2, 0.25) is 0 Å². The van der Waals surface area contributed by atoms with Gasteiger partial charge in [-0.05, 0) is 43.9 Å². The summed E-state index contributed by atoms with van der Waals surface area (Å²) in [5.41, 5.74) is 1.23. The second-order valence-electron chi connectivity index (χ2n) is 5.42. The molecule has 1 saturated carbocycles. The molecule has 1 aliphatic rings. The lowest BCUT2D eigenvalue weighted by Crippen LogP contribution is -2.25. The molecular formula is C16H24N2O. The summed E-state index contributed by atoms with van der Waals surface area (Å²) in [6, 6.07) is 2.14. The van der Waals surface area contributed by atoms with Crippen LogP contribution in [0.4, 0.5) is 0 Å². The van der Waals surface area contributed by atoms with E-state index in [1.54, 1.807) is 0 Å². The Bertz CT molecular complexity index is 440. The predicted octanol–water partition coefficient (Wildman–Crippen LogP) is 2.54. The molecule has 3 heteroatoms. The molecule has 1 aliphatic carbocycles. The van der Waals surface area contributed by atoms with Crippen molar-refractivity contribution in [1.82, 2.24) is 10.2 Å². The minimum absolute atomic E-state index is 0.707. The van der Waals surface area contributed by atoms with Crippen molar-refractivity contribution in [3.05, 3.63) is 23.2 Å². The third kappa shape index (κ3) is 4.41. The van der Waals surface area contributed by atoms with E-state index < -0.39 is 0 Å². The first-order valence-electron chi connectivity index (χ1n) is 7.17. The third-order valence-corrected chi connectivity index (χ3v) is 3.51. The second-order valence-corrected chi connectivity index (χ2v) is 5.42. The molecule has 1 N–H and O–H groups in total. The molecule has 0 saturated heterocycles. The first-order valence-corrected chi connectivity index (χ1v) is 7.17. The van der Waals surface area contributed by atoms with Crippen LogP contribution in [0.3, 0.4) is 0 Å². The molecule has 0 aliphatic heterocycles. The van der Waals surface area contributed by atoms with E-state index in [1.807, 2.05) is 0 Å². The van der Waals surface area contributed by atoms with Crippen molar-refractivity contribution in [1.29, 1.82) is 0 Å². The number of hydrogen-bond acceptors (Lipinski definition) is 3. The van der Waals surface area contributed by atoms with Gasteiger partial charge in [0.25, 0.3) is 0 Å². The summed E-state index contributed by atoms with van der Waals surface area (Å²) in [4.78, 5) is 2.31. The zero-order chi connectivity index (χ0) is 13.7. The van der Waals surface area contributed by atoms with E-state index in [4.69, 9.17) is 10.8 Å². The number of terminal acetylenes is 1. The highest BCUT2D eigenvalue weighted by molar-refractivity contribution is 5.20. The maximum Gasteiger partial charge on any atom is 0.120 e. The van der Waals surface area contributed by atoms with Gasteiger partial charge in [-0.25, -0.2) is 0 Å². The van der Waals surface area contributed by atoms with Crippen molar-refractivity contribution < 1.29 is 4.42 Å². The van der Waals surface area contributed by atoms with Crippen LogP contribution >= 0.6 is 0 Å². The Morgan fingerprint density at radius 1 is 1.53 bits per heavy atom. The van der Waals surface area contributed by atoms with Crippen LogP contribution in [0.15, 0.2) is 10.5 Å². The van der Waals surface area contributed by atoms with Crippen LogP contribution in [0.5, 0.6) is 0 Å². The fraction of sp³-hybridized carbons (Fsp3) is 0.625. The summed E-state index contributed by atoms with van der Waals surface area (Å²) in [6.45, 7) is 8.61. The number of rotatable bonds is 8. The van der Waals surface area contributed by atoms with Crippen molar-refractivity contribution in [2.24, 2.45) is 5.92 Å². The topological polar surface area (TPSA) is 28.4 Å². The van der Waals surface area contributed by atoms with Gasteiger partial charge >= 0.3 is 0 Å². The number of nitrogens with one attached hydrogen (secondary N) is 1. The smallest absolute Gasteiger partial charge is 0.120 e. The minimum Gasteiger partial charge on any atom is -0.463 e. The molecule has 19 heavy (non-hydrogen) atoms. The number of hydrogen-bond donors (Lipinski definition) is 1. The Morgan fingerprint density at radius 2 is 2.32 bits per heavy atom. The summed E-state index contributed by atoms with van der Waals surface area (Å²) >= 11 is 0. The molecule has 0 atom stereocenters. The van der Waals surface area contributed by atoms with Crippen molar-refractivity contribution in [3.63, 3.8) is 0 Å². The van der Waals surface area contributed by atoms with Gasteiger partial charge in [-0.2, -0.15) is 0 Å². The Morgan fingerprint density at radius 3 is 2.95 bits per heavy atom. The monoisotopic (exact) mass is 260 g/mol. The number of furan rings is 1. The summed E-state index contributed by atoms with van der Waals surface area (Å²) < 4.78 is 5.92. The first kappa shape index (κ1) is 14.2. The Balaban J connectivity index is 1.93. The standard InChI is InChI=1S/C16H24N2O/c1-4-8-18(11-14-6-7-14)12-15-9-13(3)16(19-15)10-17-5-2/h1,9,14,17H,5-8,10-12H2,2-3H3. The number of aryl methyl sites for hydroxylation is 1. The molecule has 0 amide bonds. The van der Waals surface area contributed by atoms with Crippen molar-refractivity contribution >= 4 is 0 Å². The van der Waals surface area contributed by atoms with Crippen molar-refractivity contribution in [3.8, 4) is 12.3 Å². The van der Waals surface area contributed by atoms with E-state index in [9.17, 15) is 0 Å². The highest BCUT2D eigenvalue weighted by Gasteiger charge is 2.24. The lowest BCUT2D eigenvalue weighted by Gasteiger charge is -2.17. The maximum atomic E-state index is 5.92. The molecule has 0 radical (unpaired) electrons. The van der Waals surface area contributed by atoms with Crippen LogP contribution in [-0.2, 0) is 13.1 Å². The van der Waals surface area contributed by atoms with Gasteiger partial charge in [-0.1, -0.05) is 12.8 Å². The van der Waals surface area contributed by atoms with E-state index in [1.165, 1.54) is 18.4 Å². The van der Waals surface area contributed by atoms with Crippen LogP contribution in [0, 0.1) is 25.2 Å². The van der Waals surface area contributed by atoms with Gasteiger partial charge in [-0.3, -0.25) is 4.90 Å². The third-order valence-electron chi connectivity index (χ3n) is 3.51. The SMILES string of the molecule is C#CCN(Cc1cc(C)c(CNCC)o1)CC1CC1. The Labute approximate surface area is 116 Å². The Kier molecular flexibility index (Phi) is 5.07. The highest BCUT2D eigenvalue weighted by atomic mass is 16.3. The largest absolute Gasteiger partial charge is 0.463 e. The van der Waals surface area contributed by atoms with E-state index in [0.29, 0.717) is 6.54 Å². The van der Waals surface area contributed by atoms with Crippen molar-refractivity contribution in [2.75, 3.05) is 19.6 Å². The molecule has 0 bridgehead atoms. The predicted molar refractivity (Wildman–Crippen MR) is 77.7 cm³/mol. The molecule has 1 aromatic heterocycles. The summed E-state index contributed by atoms with van der Waals surface area (Å²) in [5, 5.41) is 3.30. The Hall–Kier alpha value is -1.24. The lowest BCUT2D eigenvalue weighted by molar-refractivity contribution is 0.258. The summed E-state index contributed by atoms with van der Waals surface area (Å²) in [6.07, 6.45) is 8.15. The van der Waals surface area contributed by atoms with Crippen LogP contribution < -0.4 is 5.32 Å². The van der Waals surface area contributed by atoms with E-state index in [-0.39, 0.29) is 0 Å². The van der Waals surface area contributed by atoms with Crippen LogP contribution in [-0.4, -0.2) is 24.5 Å². The number of nitrogens with zero attached hydrogens (tertiary/aromatic N) is 1. The van der Waals surface area contributed by atoms with Gasteiger partial charge in [0.15, 0.2) is 0 Å².